The van der Waals surface area contributed by atoms with Crippen molar-refractivity contribution in [2.24, 2.45) is 0 Å². The van der Waals surface area contributed by atoms with Gasteiger partial charge in [-0.05, 0) is 24.6 Å². The van der Waals surface area contributed by atoms with Gasteiger partial charge in [0.1, 0.15) is 0 Å². The molecule has 1 N–H and O–H groups in total. The van der Waals surface area contributed by atoms with Gasteiger partial charge in [0.2, 0.25) is 0 Å². The molecule has 2 rings (SSSR count). The molecule has 0 atom stereocenters. The standard InChI is InChI=1S/C12H12N2O2/c1-3-6-14-11(15)9-5-4-8(2)7-10(9)13-12(14)16/h3-5,7H,1,6H2,2H3,(H,13,16). The number of allylic oxidation sites excluding steroid dienone is 1. The molecule has 0 fully saturated rings. The van der Waals surface area contributed by atoms with Crippen LogP contribution in [0.15, 0.2) is 40.4 Å². The van der Waals surface area contributed by atoms with Crippen LogP contribution < -0.4 is 11.2 Å². The lowest BCUT2D eigenvalue weighted by Gasteiger charge is -2.03. The number of hydrogen-bond donors (Lipinski definition) is 1. The van der Waals surface area contributed by atoms with Crippen molar-refractivity contribution in [1.82, 2.24) is 9.55 Å². The minimum Gasteiger partial charge on any atom is -0.307 e. The van der Waals surface area contributed by atoms with Crippen molar-refractivity contribution >= 4 is 10.9 Å². The smallest absolute Gasteiger partial charge is 0.307 e. The van der Waals surface area contributed by atoms with E-state index in [-0.39, 0.29) is 12.1 Å². The summed E-state index contributed by atoms with van der Waals surface area (Å²) < 4.78 is 1.13. The highest BCUT2D eigenvalue weighted by atomic mass is 16.2. The molecule has 16 heavy (non-hydrogen) atoms. The highest BCUT2D eigenvalue weighted by Crippen LogP contribution is 2.07. The summed E-state index contributed by atoms with van der Waals surface area (Å²) in [5.74, 6) is 0. The first kappa shape index (κ1) is 10.4. The average Bonchev–Trinajstić information content (AvgIpc) is 2.23. The zero-order valence-electron chi connectivity index (χ0n) is 8.99. The SMILES string of the molecule is C=CCn1c(=O)[nH]c2cc(C)ccc2c1=O. The van der Waals surface area contributed by atoms with Gasteiger partial charge in [-0.15, -0.1) is 6.58 Å². The van der Waals surface area contributed by atoms with E-state index in [0.29, 0.717) is 10.9 Å². The largest absolute Gasteiger partial charge is 0.329 e. The monoisotopic (exact) mass is 216 g/mol. The third-order valence-electron chi connectivity index (χ3n) is 2.45. The summed E-state index contributed by atoms with van der Waals surface area (Å²) in [5.41, 5.74) is 0.904. The molecule has 0 aliphatic heterocycles. The molecule has 82 valence electrons. The second kappa shape index (κ2) is 3.81. The second-order valence-corrected chi connectivity index (χ2v) is 3.68. The quantitative estimate of drug-likeness (QED) is 0.766. The van der Waals surface area contributed by atoms with Crippen LogP contribution in [0.2, 0.25) is 0 Å². The maximum atomic E-state index is 11.9. The Morgan fingerprint density at radius 3 is 2.88 bits per heavy atom. The number of aromatic nitrogens is 2. The fourth-order valence-corrected chi connectivity index (χ4v) is 1.66. The molecule has 0 radical (unpaired) electrons. The number of fused-ring (bicyclic) bond motifs is 1. The van der Waals surface area contributed by atoms with Crippen LogP contribution in [0, 0.1) is 6.92 Å². The van der Waals surface area contributed by atoms with Gasteiger partial charge in [0.05, 0.1) is 10.9 Å². The molecule has 0 spiro atoms. The van der Waals surface area contributed by atoms with Gasteiger partial charge in [-0.25, -0.2) is 4.79 Å². The van der Waals surface area contributed by atoms with Crippen LogP contribution in [-0.2, 0) is 6.54 Å². The van der Waals surface area contributed by atoms with E-state index in [4.69, 9.17) is 0 Å². The third kappa shape index (κ3) is 1.58. The van der Waals surface area contributed by atoms with E-state index in [1.54, 1.807) is 12.1 Å². The van der Waals surface area contributed by atoms with E-state index >= 15 is 0 Å². The molecule has 4 nitrogen and oxygen atoms in total. The number of aromatic amines is 1. The second-order valence-electron chi connectivity index (χ2n) is 3.68. The highest BCUT2D eigenvalue weighted by Gasteiger charge is 2.05. The molecule has 0 aliphatic rings. The number of benzene rings is 1. The Balaban J connectivity index is 2.89. The minimum atomic E-state index is -0.400. The van der Waals surface area contributed by atoms with Crippen molar-refractivity contribution in [3.8, 4) is 0 Å². The first-order valence-corrected chi connectivity index (χ1v) is 4.98. The van der Waals surface area contributed by atoms with Crippen LogP contribution in [0.25, 0.3) is 10.9 Å². The maximum absolute atomic E-state index is 11.9. The van der Waals surface area contributed by atoms with Crippen LogP contribution in [-0.4, -0.2) is 9.55 Å². The summed E-state index contributed by atoms with van der Waals surface area (Å²) in [4.78, 5) is 26.2. The topological polar surface area (TPSA) is 54.9 Å². The number of hydrogen-bond acceptors (Lipinski definition) is 2. The molecule has 0 saturated carbocycles. The summed E-state index contributed by atoms with van der Waals surface area (Å²) in [5, 5.41) is 0.520. The van der Waals surface area contributed by atoms with E-state index in [0.717, 1.165) is 10.1 Å². The van der Waals surface area contributed by atoms with Crippen molar-refractivity contribution in [3.05, 3.63) is 57.3 Å². The van der Waals surface area contributed by atoms with Crippen molar-refractivity contribution in [1.29, 1.82) is 0 Å². The fraction of sp³-hybridized carbons (Fsp3) is 0.167. The van der Waals surface area contributed by atoms with Crippen molar-refractivity contribution in [3.63, 3.8) is 0 Å². The van der Waals surface area contributed by atoms with Gasteiger partial charge in [-0.1, -0.05) is 12.1 Å². The molecule has 1 heterocycles. The molecule has 0 bridgehead atoms. The number of aryl methyl sites for hydroxylation is 1. The number of nitrogens with one attached hydrogen (secondary N) is 1. The predicted octanol–water partition coefficient (Wildman–Crippen LogP) is 1.18. The zero-order valence-corrected chi connectivity index (χ0v) is 8.99. The highest BCUT2D eigenvalue weighted by molar-refractivity contribution is 5.77. The molecular weight excluding hydrogens is 204 g/mol. The predicted molar refractivity (Wildman–Crippen MR) is 63.8 cm³/mol. The Bertz CT molecular complexity index is 665. The van der Waals surface area contributed by atoms with E-state index in [2.05, 4.69) is 11.6 Å². The summed E-state index contributed by atoms with van der Waals surface area (Å²) in [7, 11) is 0. The molecule has 2 aromatic rings. The number of rotatable bonds is 2. The Hall–Kier alpha value is -2.10. The van der Waals surface area contributed by atoms with Gasteiger partial charge in [0.25, 0.3) is 5.56 Å². The Kier molecular flexibility index (Phi) is 2.48. The molecule has 0 amide bonds. The first-order chi connectivity index (χ1) is 7.63. The first-order valence-electron chi connectivity index (χ1n) is 4.98. The molecular formula is C12H12N2O2. The van der Waals surface area contributed by atoms with E-state index in [1.165, 1.54) is 6.08 Å². The van der Waals surface area contributed by atoms with Gasteiger partial charge in [-0.3, -0.25) is 9.36 Å². The van der Waals surface area contributed by atoms with Crippen LogP contribution in [0.5, 0.6) is 0 Å². The molecule has 0 aliphatic carbocycles. The molecule has 4 heteroatoms. The van der Waals surface area contributed by atoms with Crippen LogP contribution in [0.4, 0.5) is 0 Å². The third-order valence-corrected chi connectivity index (χ3v) is 2.45. The van der Waals surface area contributed by atoms with Crippen molar-refractivity contribution in [2.75, 3.05) is 0 Å². The fourth-order valence-electron chi connectivity index (χ4n) is 1.66. The lowest BCUT2D eigenvalue weighted by atomic mass is 10.2. The molecule has 1 aromatic carbocycles. The van der Waals surface area contributed by atoms with Crippen LogP contribution in [0.1, 0.15) is 5.56 Å². The Morgan fingerprint density at radius 1 is 1.44 bits per heavy atom. The Morgan fingerprint density at radius 2 is 2.19 bits per heavy atom. The van der Waals surface area contributed by atoms with Crippen LogP contribution >= 0.6 is 0 Å². The molecule has 1 aromatic heterocycles. The van der Waals surface area contributed by atoms with Gasteiger partial charge < -0.3 is 4.98 Å². The molecule has 0 unspecified atom stereocenters. The van der Waals surface area contributed by atoms with Crippen molar-refractivity contribution in [2.45, 2.75) is 13.5 Å². The number of H-pyrrole nitrogens is 1. The summed E-state index contributed by atoms with van der Waals surface area (Å²) in [6.45, 7) is 5.65. The van der Waals surface area contributed by atoms with Gasteiger partial charge in [0, 0.05) is 6.54 Å². The van der Waals surface area contributed by atoms with Gasteiger partial charge >= 0.3 is 5.69 Å². The lowest BCUT2D eigenvalue weighted by molar-refractivity contribution is 0.728. The van der Waals surface area contributed by atoms with Gasteiger partial charge in [0.15, 0.2) is 0 Å². The summed E-state index contributed by atoms with van der Waals surface area (Å²) in [6.07, 6.45) is 1.52. The van der Waals surface area contributed by atoms with Crippen molar-refractivity contribution < 1.29 is 0 Å². The van der Waals surface area contributed by atoms with Crippen LogP contribution in [0.3, 0.4) is 0 Å². The normalized spacial score (nSPS) is 10.6. The summed E-state index contributed by atoms with van der Waals surface area (Å²) >= 11 is 0. The Labute approximate surface area is 91.9 Å². The van der Waals surface area contributed by atoms with Gasteiger partial charge in [-0.2, -0.15) is 0 Å². The average molecular weight is 216 g/mol. The lowest BCUT2D eigenvalue weighted by Crippen LogP contribution is -2.34. The van der Waals surface area contributed by atoms with E-state index in [9.17, 15) is 9.59 Å². The number of nitrogens with zero attached hydrogens (tertiary/aromatic N) is 1. The van der Waals surface area contributed by atoms with E-state index < -0.39 is 5.69 Å². The maximum Gasteiger partial charge on any atom is 0.329 e. The zero-order chi connectivity index (χ0) is 11.7. The summed E-state index contributed by atoms with van der Waals surface area (Å²) in [6, 6.07) is 5.36. The molecule has 0 saturated heterocycles. The minimum absolute atomic E-state index is 0.220. The van der Waals surface area contributed by atoms with E-state index in [1.807, 2.05) is 13.0 Å².